The summed E-state index contributed by atoms with van der Waals surface area (Å²) in [5, 5.41) is 0. The number of likely N-dealkylation sites (tertiary alicyclic amines) is 1. The molecule has 1 heterocycles. The van der Waals surface area contributed by atoms with Gasteiger partial charge >= 0.3 is 6.16 Å². The predicted molar refractivity (Wildman–Crippen MR) is 62.2 cm³/mol. The number of amides is 1. The average molecular weight is 243 g/mol. The first-order chi connectivity index (χ1) is 7.91. The summed E-state index contributed by atoms with van der Waals surface area (Å²) < 4.78 is 9.70. The van der Waals surface area contributed by atoms with Gasteiger partial charge in [0.05, 0.1) is 6.10 Å². The molecule has 0 aromatic rings. The minimum atomic E-state index is -0.721. The lowest BCUT2D eigenvalue weighted by Crippen LogP contribution is -2.32. The van der Waals surface area contributed by atoms with Crippen LogP contribution in [0.15, 0.2) is 0 Å². The van der Waals surface area contributed by atoms with Crippen LogP contribution in [-0.4, -0.2) is 36.3 Å². The van der Waals surface area contributed by atoms with Crippen LogP contribution in [0.5, 0.6) is 0 Å². The summed E-state index contributed by atoms with van der Waals surface area (Å²) in [5.41, 5.74) is 0. The molecule has 0 saturated carbocycles. The number of hydrogen-bond donors (Lipinski definition) is 0. The molecule has 1 saturated heterocycles. The van der Waals surface area contributed by atoms with E-state index in [0.29, 0.717) is 12.5 Å². The highest BCUT2D eigenvalue weighted by Crippen LogP contribution is 2.24. The van der Waals surface area contributed by atoms with Crippen LogP contribution >= 0.6 is 0 Å². The second-order valence-electron chi connectivity index (χ2n) is 4.93. The van der Waals surface area contributed by atoms with Gasteiger partial charge in [0.2, 0.25) is 5.91 Å². The van der Waals surface area contributed by atoms with Crippen molar-refractivity contribution in [3.05, 3.63) is 0 Å². The Morgan fingerprint density at radius 2 is 2.06 bits per heavy atom. The summed E-state index contributed by atoms with van der Waals surface area (Å²) in [4.78, 5) is 24.6. The summed E-state index contributed by atoms with van der Waals surface area (Å²) in [6, 6.07) is 0. The minimum Gasteiger partial charge on any atom is -0.432 e. The first kappa shape index (κ1) is 13.8. The van der Waals surface area contributed by atoms with Gasteiger partial charge in [-0.05, 0) is 26.2 Å². The van der Waals surface area contributed by atoms with E-state index in [4.69, 9.17) is 9.47 Å². The summed E-state index contributed by atoms with van der Waals surface area (Å²) in [6.45, 7) is 8.19. The molecule has 1 aliphatic rings. The summed E-state index contributed by atoms with van der Waals surface area (Å²) >= 11 is 0. The van der Waals surface area contributed by atoms with Gasteiger partial charge in [-0.15, -0.1) is 0 Å². The SMILES string of the molecule is CC(C)OC(=O)OCN1CC[C@@H](C(C)C)C1=O. The van der Waals surface area contributed by atoms with Crippen LogP contribution in [0, 0.1) is 11.8 Å². The number of hydrogen-bond acceptors (Lipinski definition) is 4. The Balaban J connectivity index is 2.34. The monoisotopic (exact) mass is 243 g/mol. The molecular weight excluding hydrogens is 222 g/mol. The second-order valence-corrected chi connectivity index (χ2v) is 4.93. The second kappa shape index (κ2) is 5.89. The van der Waals surface area contributed by atoms with Crippen molar-refractivity contribution in [2.45, 2.75) is 40.2 Å². The number of carbonyl (C=O) groups is 2. The molecule has 5 heteroatoms. The van der Waals surface area contributed by atoms with E-state index in [0.717, 1.165) is 6.42 Å². The molecule has 1 fully saturated rings. The van der Waals surface area contributed by atoms with Crippen molar-refractivity contribution >= 4 is 12.1 Å². The normalized spacial score (nSPS) is 20.2. The highest BCUT2D eigenvalue weighted by Gasteiger charge is 2.34. The molecule has 17 heavy (non-hydrogen) atoms. The first-order valence-electron chi connectivity index (χ1n) is 6.04. The topological polar surface area (TPSA) is 55.8 Å². The third kappa shape index (κ3) is 3.91. The summed E-state index contributed by atoms with van der Waals surface area (Å²) in [5.74, 6) is 0.451. The zero-order valence-corrected chi connectivity index (χ0v) is 10.9. The van der Waals surface area contributed by atoms with E-state index >= 15 is 0 Å². The average Bonchev–Trinajstić information content (AvgIpc) is 2.55. The van der Waals surface area contributed by atoms with Gasteiger partial charge in [0.15, 0.2) is 6.73 Å². The molecule has 0 aromatic carbocycles. The van der Waals surface area contributed by atoms with Gasteiger partial charge in [-0.1, -0.05) is 13.8 Å². The third-order valence-corrected chi connectivity index (χ3v) is 2.81. The Bertz CT molecular complexity index is 288. The number of ether oxygens (including phenoxy) is 2. The van der Waals surface area contributed by atoms with E-state index in [-0.39, 0.29) is 24.7 Å². The fourth-order valence-electron chi connectivity index (χ4n) is 1.87. The Hall–Kier alpha value is -1.26. The van der Waals surface area contributed by atoms with Gasteiger partial charge < -0.3 is 14.4 Å². The highest BCUT2D eigenvalue weighted by molar-refractivity contribution is 5.81. The molecule has 0 spiro atoms. The highest BCUT2D eigenvalue weighted by atomic mass is 16.7. The molecule has 0 aromatic heterocycles. The lowest BCUT2D eigenvalue weighted by atomic mass is 9.95. The predicted octanol–water partition coefficient (Wildman–Crippen LogP) is 2.01. The maximum Gasteiger partial charge on any atom is 0.510 e. The largest absolute Gasteiger partial charge is 0.510 e. The Kier molecular flexibility index (Phi) is 4.78. The van der Waals surface area contributed by atoms with Crippen LogP contribution in [0.3, 0.4) is 0 Å². The smallest absolute Gasteiger partial charge is 0.432 e. The maximum absolute atomic E-state index is 11.9. The summed E-state index contributed by atoms with van der Waals surface area (Å²) in [7, 11) is 0. The molecule has 0 unspecified atom stereocenters. The van der Waals surface area contributed by atoms with Crippen molar-refractivity contribution < 1.29 is 19.1 Å². The molecular formula is C12H21NO4. The van der Waals surface area contributed by atoms with Crippen molar-refractivity contribution in [1.29, 1.82) is 0 Å². The van der Waals surface area contributed by atoms with Crippen molar-refractivity contribution in [2.75, 3.05) is 13.3 Å². The quantitative estimate of drug-likeness (QED) is 0.709. The van der Waals surface area contributed by atoms with Gasteiger partial charge in [0.25, 0.3) is 0 Å². The molecule has 5 nitrogen and oxygen atoms in total. The number of rotatable bonds is 4. The third-order valence-electron chi connectivity index (χ3n) is 2.81. The first-order valence-corrected chi connectivity index (χ1v) is 6.04. The molecule has 0 aliphatic carbocycles. The molecule has 1 rings (SSSR count). The Labute approximate surface area is 102 Å². The van der Waals surface area contributed by atoms with E-state index < -0.39 is 6.16 Å². The van der Waals surface area contributed by atoms with Crippen LogP contribution < -0.4 is 0 Å². The van der Waals surface area contributed by atoms with Crippen LogP contribution in [0.2, 0.25) is 0 Å². The van der Waals surface area contributed by atoms with Crippen LogP contribution in [0.4, 0.5) is 4.79 Å². The maximum atomic E-state index is 11.9. The van der Waals surface area contributed by atoms with Gasteiger partial charge in [-0.3, -0.25) is 4.79 Å². The van der Waals surface area contributed by atoms with Gasteiger partial charge in [0.1, 0.15) is 0 Å². The van der Waals surface area contributed by atoms with Crippen molar-refractivity contribution in [2.24, 2.45) is 11.8 Å². The summed E-state index contributed by atoms with van der Waals surface area (Å²) in [6.07, 6.45) is -0.0972. The molecule has 1 aliphatic heterocycles. The lowest BCUT2D eigenvalue weighted by molar-refractivity contribution is -0.135. The minimum absolute atomic E-state index is 0.00634. The molecule has 0 N–H and O–H groups in total. The van der Waals surface area contributed by atoms with Gasteiger partial charge in [-0.25, -0.2) is 4.79 Å². The molecule has 1 amide bonds. The van der Waals surface area contributed by atoms with Gasteiger partial charge in [0, 0.05) is 12.5 Å². The van der Waals surface area contributed by atoms with Gasteiger partial charge in [-0.2, -0.15) is 0 Å². The standard InChI is InChI=1S/C12H21NO4/c1-8(2)10-5-6-13(11(10)14)7-16-12(15)17-9(3)4/h8-10H,5-7H2,1-4H3/t10-/m0/s1. The Morgan fingerprint density at radius 3 is 2.53 bits per heavy atom. The number of nitrogens with zero attached hydrogens (tertiary/aromatic N) is 1. The zero-order valence-electron chi connectivity index (χ0n) is 10.9. The van der Waals surface area contributed by atoms with E-state index in [1.807, 2.05) is 13.8 Å². The van der Waals surface area contributed by atoms with Crippen molar-refractivity contribution in [1.82, 2.24) is 4.90 Å². The number of carbonyl (C=O) groups excluding carboxylic acids is 2. The van der Waals surface area contributed by atoms with E-state index in [1.54, 1.807) is 18.7 Å². The molecule has 0 bridgehead atoms. The van der Waals surface area contributed by atoms with Crippen LogP contribution in [-0.2, 0) is 14.3 Å². The van der Waals surface area contributed by atoms with Crippen molar-refractivity contribution in [3.8, 4) is 0 Å². The van der Waals surface area contributed by atoms with Crippen LogP contribution in [0.25, 0.3) is 0 Å². The van der Waals surface area contributed by atoms with E-state index in [1.165, 1.54) is 0 Å². The fraction of sp³-hybridized carbons (Fsp3) is 0.833. The fourth-order valence-corrected chi connectivity index (χ4v) is 1.87. The van der Waals surface area contributed by atoms with Crippen LogP contribution in [0.1, 0.15) is 34.1 Å². The van der Waals surface area contributed by atoms with E-state index in [2.05, 4.69) is 0 Å². The zero-order chi connectivity index (χ0) is 13.0. The molecule has 0 radical (unpaired) electrons. The van der Waals surface area contributed by atoms with Crippen molar-refractivity contribution in [3.63, 3.8) is 0 Å². The molecule has 98 valence electrons. The van der Waals surface area contributed by atoms with E-state index in [9.17, 15) is 9.59 Å². The Morgan fingerprint density at radius 1 is 1.41 bits per heavy atom. The lowest BCUT2D eigenvalue weighted by Gasteiger charge is -2.18. The molecule has 1 atom stereocenters.